The molecule has 24 heavy (non-hydrogen) atoms. The molecule has 6 nitrogen and oxygen atoms in total. The highest BCUT2D eigenvalue weighted by Gasteiger charge is 2.33. The van der Waals surface area contributed by atoms with Gasteiger partial charge in [-0.05, 0) is 42.7 Å². The van der Waals surface area contributed by atoms with Gasteiger partial charge in [0.15, 0.2) is 5.76 Å². The molecule has 0 amide bonds. The Labute approximate surface area is 147 Å². The lowest BCUT2D eigenvalue weighted by molar-refractivity contribution is 0.0872. The summed E-state index contributed by atoms with van der Waals surface area (Å²) in [6.45, 7) is 0.549. The van der Waals surface area contributed by atoms with E-state index < -0.39 is 0 Å². The average Bonchev–Trinajstić information content (AvgIpc) is 3.11. The SMILES string of the molecule is O=C(C1CC1)n1nc(-c2ccco2)nc1NCc1cccc(Br)c1. The minimum atomic E-state index is -0.0166. The zero-order valence-electron chi connectivity index (χ0n) is 12.8. The van der Waals surface area contributed by atoms with Crippen LogP contribution < -0.4 is 5.32 Å². The van der Waals surface area contributed by atoms with Gasteiger partial charge in [-0.2, -0.15) is 9.67 Å². The number of hydrogen-bond donors (Lipinski definition) is 1. The maximum absolute atomic E-state index is 12.5. The molecule has 0 atom stereocenters. The molecular weight excluding hydrogens is 372 g/mol. The van der Waals surface area contributed by atoms with Crippen LogP contribution in [-0.4, -0.2) is 20.7 Å². The largest absolute Gasteiger partial charge is 0.461 e. The van der Waals surface area contributed by atoms with Gasteiger partial charge in [-0.3, -0.25) is 4.79 Å². The van der Waals surface area contributed by atoms with Crippen LogP contribution in [-0.2, 0) is 6.54 Å². The first-order chi connectivity index (χ1) is 11.7. The number of benzene rings is 1. The second-order valence-electron chi connectivity index (χ2n) is 5.74. The molecule has 1 fully saturated rings. The second kappa shape index (κ2) is 6.24. The molecule has 1 N–H and O–H groups in total. The zero-order valence-corrected chi connectivity index (χ0v) is 14.4. The molecule has 0 spiro atoms. The molecule has 1 aliphatic carbocycles. The third kappa shape index (κ3) is 3.12. The van der Waals surface area contributed by atoms with Crippen LogP contribution in [0, 0.1) is 5.92 Å². The van der Waals surface area contributed by atoms with Crippen molar-refractivity contribution in [2.75, 3.05) is 5.32 Å². The quantitative estimate of drug-likeness (QED) is 0.718. The monoisotopic (exact) mass is 386 g/mol. The predicted molar refractivity (Wildman–Crippen MR) is 92.5 cm³/mol. The van der Waals surface area contributed by atoms with Gasteiger partial charge in [0.2, 0.25) is 11.8 Å². The molecule has 1 aromatic carbocycles. The third-order valence-electron chi connectivity index (χ3n) is 3.82. The van der Waals surface area contributed by atoms with Gasteiger partial charge in [0.05, 0.1) is 6.26 Å². The van der Waals surface area contributed by atoms with Crippen LogP contribution >= 0.6 is 15.9 Å². The summed E-state index contributed by atoms with van der Waals surface area (Å²) in [4.78, 5) is 16.9. The summed E-state index contributed by atoms with van der Waals surface area (Å²) >= 11 is 3.46. The highest BCUT2D eigenvalue weighted by molar-refractivity contribution is 9.10. The Balaban J connectivity index is 1.61. The number of carbonyl (C=O) groups excluding carboxylic acids is 1. The van der Waals surface area contributed by atoms with Crippen molar-refractivity contribution >= 4 is 27.8 Å². The van der Waals surface area contributed by atoms with Gasteiger partial charge >= 0.3 is 0 Å². The van der Waals surface area contributed by atoms with E-state index in [1.807, 2.05) is 24.3 Å². The Bertz CT molecular complexity index is 869. The van der Waals surface area contributed by atoms with Crippen LogP contribution in [0.4, 0.5) is 5.95 Å². The smallest absolute Gasteiger partial charge is 0.253 e. The van der Waals surface area contributed by atoms with Crippen LogP contribution in [0.1, 0.15) is 23.2 Å². The van der Waals surface area contributed by atoms with Gasteiger partial charge < -0.3 is 9.73 Å². The van der Waals surface area contributed by atoms with Crippen LogP contribution in [0.2, 0.25) is 0 Å². The number of rotatable bonds is 5. The van der Waals surface area contributed by atoms with Gasteiger partial charge in [-0.1, -0.05) is 28.1 Å². The number of halogens is 1. The van der Waals surface area contributed by atoms with E-state index in [1.54, 1.807) is 18.4 Å². The standard InChI is InChI=1S/C17H15BrN4O2/c18-13-4-1-3-11(9-13)10-19-17-20-15(14-5-2-8-24-14)21-22(17)16(23)12-6-7-12/h1-5,8-9,12H,6-7,10H2,(H,19,20,21). The van der Waals surface area contributed by atoms with Crippen molar-refractivity contribution in [1.29, 1.82) is 0 Å². The first kappa shape index (κ1) is 15.1. The normalized spacial score (nSPS) is 13.9. The molecule has 7 heteroatoms. The topological polar surface area (TPSA) is 73.0 Å². The molecule has 1 saturated carbocycles. The van der Waals surface area contributed by atoms with E-state index in [2.05, 4.69) is 31.3 Å². The minimum Gasteiger partial charge on any atom is -0.461 e. The fraction of sp³-hybridized carbons (Fsp3) is 0.235. The second-order valence-corrected chi connectivity index (χ2v) is 6.66. The van der Waals surface area contributed by atoms with Gasteiger partial charge in [0.25, 0.3) is 5.91 Å². The van der Waals surface area contributed by atoms with E-state index in [1.165, 1.54) is 4.68 Å². The van der Waals surface area contributed by atoms with Crippen molar-refractivity contribution in [2.24, 2.45) is 5.92 Å². The van der Waals surface area contributed by atoms with Crippen molar-refractivity contribution in [2.45, 2.75) is 19.4 Å². The average molecular weight is 387 g/mol. The molecule has 0 radical (unpaired) electrons. The summed E-state index contributed by atoms with van der Waals surface area (Å²) in [7, 11) is 0. The molecule has 4 rings (SSSR count). The van der Waals surface area contributed by atoms with Crippen molar-refractivity contribution < 1.29 is 9.21 Å². The molecular formula is C17H15BrN4O2. The third-order valence-corrected chi connectivity index (χ3v) is 4.32. The summed E-state index contributed by atoms with van der Waals surface area (Å²) < 4.78 is 7.72. The number of aromatic nitrogens is 3. The molecule has 2 heterocycles. The van der Waals surface area contributed by atoms with Crippen molar-refractivity contribution in [3.63, 3.8) is 0 Å². The molecule has 0 saturated heterocycles. The molecule has 0 unspecified atom stereocenters. The van der Waals surface area contributed by atoms with Crippen LogP contribution in [0.15, 0.2) is 51.6 Å². The van der Waals surface area contributed by atoms with Crippen molar-refractivity contribution in [1.82, 2.24) is 14.8 Å². The van der Waals surface area contributed by atoms with E-state index in [0.717, 1.165) is 22.9 Å². The number of furan rings is 1. The Morgan fingerprint density at radius 1 is 1.33 bits per heavy atom. The first-order valence-corrected chi connectivity index (χ1v) is 8.53. The molecule has 122 valence electrons. The fourth-order valence-electron chi connectivity index (χ4n) is 2.42. The molecule has 0 aliphatic heterocycles. The van der Waals surface area contributed by atoms with E-state index in [0.29, 0.717) is 24.1 Å². The maximum atomic E-state index is 12.5. The van der Waals surface area contributed by atoms with Gasteiger partial charge in [-0.25, -0.2) is 0 Å². The summed E-state index contributed by atoms with van der Waals surface area (Å²) in [5.74, 6) is 1.44. The summed E-state index contributed by atoms with van der Waals surface area (Å²) in [6, 6.07) is 11.5. The highest BCUT2D eigenvalue weighted by Crippen LogP contribution is 2.32. The summed E-state index contributed by atoms with van der Waals surface area (Å²) in [5.41, 5.74) is 1.08. The van der Waals surface area contributed by atoms with Gasteiger partial charge in [0, 0.05) is 16.9 Å². The number of nitrogens with one attached hydrogen (secondary N) is 1. The van der Waals surface area contributed by atoms with Crippen LogP contribution in [0.3, 0.4) is 0 Å². The number of nitrogens with zero attached hydrogens (tertiary/aromatic N) is 3. The van der Waals surface area contributed by atoms with Crippen LogP contribution in [0.5, 0.6) is 0 Å². The van der Waals surface area contributed by atoms with E-state index in [-0.39, 0.29) is 11.8 Å². The van der Waals surface area contributed by atoms with Gasteiger partial charge in [0.1, 0.15) is 0 Å². The lowest BCUT2D eigenvalue weighted by Crippen LogP contribution is -2.18. The van der Waals surface area contributed by atoms with E-state index >= 15 is 0 Å². The Hall–Kier alpha value is -2.41. The van der Waals surface area contributed by atoms with Crippen LogP contribution in [0.25, 0.3) is 11.6 Å². The Morgan fingerprint density at radius 2 is 2.21 bits per heavy atom. The predicted octanol–water partition coefficient (Wildman–Crippen LogP) is 3.96. The molecule has 1 aliphatic rings. The number of hydrogen-bond acceptors (Lipinski definition) is 5. The number of carbonyl (C=O) groups is 1. The van der Waals surface area contributed by atoms with Crippen molar-refractivity contribution in [3.8, 4) is 11.6 Å². The Kier molecular flexibility index (Phi) is 3.93. The molecule has 3 aromatic rings. The number of anilines is 1. The van der Waals surface area contributed by atoms with E-state index in [9.17, 15) is 4.79 Å². The maximum Gasteiger partial charge on any atom is 0.253 e. The van der Waals surface area contributed by atoms with Crippen molar-refractivity contribution in [3.05, 3.63) is 52.7 Å². The fourth-order valence-corrected chi connectivity index (χ4v) is 2.87. The summed E-state index contributed by atoms with van der Waals surface area (Å²) in [5, 5.41) is 7.54. The lowest BCUT2D eigenvalue weighted by Gasteiger charge is -2.07. The Morgan fingerprint density at radius 3 is 2.92 bits per heavy atom. The highest BCUT2D eigenvalue weighted by atomic mass is 79.9. The van der Waals surface area contributed by atoms with E-state index in [4.69, 9.17) is 4.42 Å². The molecule has 0 bridgehead atoms. The first-order valence-electron chi connectivity index (χ1n) is 7.74. The zero-order chi connectivity index (χ0) is 16.5. The minimum absolute atomic E-state index is 0.0166. The molecule has 2 aromatic heterocycles. The summed E-state index contributed by atoms with van der Waals surface area (Å²) in [6.07, 6.45) is 3.40. The van der Waals surface area contributed by atoms with Gasteiger partial charge in [-0.15, -0.1) is 5.10 Å². The lowest BCUT2D eigenvalue weighted by atomic mass is 10.2.